The number of anilines is 1. The van der Waals surface area contributed by atoms with E-state index >= 15 is 0 Å². The Kier molecular flexibility index (Phi) is 4.33. The van der Waals surface area contributed by atoms with Gasteiger partial charge in [-0.25, -0.2) is 13.2 Å². The Morgan fingerprint density at radius 1 is 0.963 bits per heavy atom. The molecule has 0 spiro atoms. The molecule has 0 saturated carbocycles. The molecular weight excluding hydrogens is 368 g/mol. The van der Waals surface area contributed by atoms with Crippen LogP contribution in [0.25, 0.3) is 0 Å². The van der Waals surface area contributed by atoms with Crippen LogP contribution >= 0.6 is 0 Å². The Bertz CT molecular complexity index is 1150. The SMILES string of the molecule is O=C1N=c2ccc(NC(=O)c3ccc(S(=O)(=O)N4CCCC4)cc3)cc2=N1. The number of carbonyl (C=O) groups is 2. The maximum Gasteiger partial charge on any atom is 0.368 e. The summed E-state index contributed by atoms with van der Waals surface area (Å²) in [6.07, 6.45) is 1.73. The van der Waals surface area contributed by atoms with Crippen LogP contribution in [0.3, 0.4) is 0 Å². The van der Waals surface area contributed by atoms with E-state index in [1.54, 1.807) is 18.2 Å². The number of hydrogen-bond acceptors (Lipinski definition) is 4. The van der Waals surface area contributed by atoms with Gasteiger partial charge in [0.2, 0.25) is 10.0 Å². The molecule has 2 aliphatic rings. The molecule has 0 radical (unpaired) electrons. The number of hydrogen-bond donors (Lipinski definition) is 1. The van der Waals surface area contributed by atoms with E-state index in [4.69, 9.17) is 0 Å². The van der Waals surface area contributed by atoms with Crippen LogP contribution in [0, 0.1) is 0 Å². The summed E-state index contributed by atoms with van der Waals surface area (Å²) in [5, 5.41) is 3.58. The summed E-state index contributed by atoms with van der Waals surface area (Å²) in [6.45, 7) is 1.06. The number of urea groups is 1. The first-order chi connectivity index (χ1) is 12.9. The highest BCUT2D eigenvalue weighted by Gasteiger charge is 2.27. The molecule has 1 saturated heterocycles. The highest BCUT2D eigenvalue weighted by atomic mass is 32.2. The topological polar surface area (TPSA) is 108 Å². The second-order valence-corrected chi connectivity index (χ2v) is 8.24. The Hall–Kier alpha value is -2.91. The van der Waals surface area contributed by atoms with Gasteiger partial charge in [-0.2, -0.15) is 14.3 Å². The van der Waals surface area contributed by atoms with Gasteiger partial charge in [0, 0.05) is 24.3 Å². The van der Waals surface area contributed by atoms with Crippen molar-refractivity contribution >= 4 is 27.6 Å². The fraction of sp³-hybridized carbons (Fsp3) is 0.222. The van der Waals surface area contributed by atoms with Crippen LogP contribution in [-0.4, -0.2) is 37.8 Å². The average Bonchev–Trinajstić information content (AvgIpc) is 3.30. The summed E-state index contributed by atoms with van der Waals surface area (Å²) in [4.78, 5) is 31.2. The molecule has 2 aromatic carbocycles. The molecule has 2 aromatic rings. The molecule has 8 nitrogen and oxygen atoms in total. The van der Waals surface area contributed by atoms with Gasteiger partial charge in [-0.15, -0.1) is 0 Å². The molecule has 2 heterocycles. The van der Waals surface area contributed by atoms with Crippen molar-refractivity contribution in [1.29, 1.82) is 0 Å². The molecule has 0 bridgehead atoms. The minimum atomic E-state index is -3.51. The highest BCUT2D eigenvalue weighted by Crippen LogP contribution is 2.21. The van der Waals surface area contributed by atoms with Gasteiger partial charge in [-0.1, -0.05) is 0 Å². The first-order valence-corrected chi connectivity index (χ1v) is 9.90. The summed E-state index contributed by atoms with van der Waals surface area (Å²) >= 11 is 0. The summed E-state index contributed by atoms with van der Waals surface area (Å²) in [7, 11) is -3.51. The molecule has 138 valence electrons. The number of sulfonamides is 1. The van der Waals surface area contributed by atoms with E-state index < -0.39 is 16.1 Å². The minimum absolute atomic E-state index is 0.178. The lowest BCUT2D eigenvalue weighted by molar-refractivity contribution is 0.102. The van der Waals surface area contributed by atoms with Gasteiger partial charge >= 0.3 is 6.03 Å². The summed E-state index contributed by atoms with van der Waals surface area (Å²) in [5.41, 5.74) is 0.801. The fourth-order valence-corrected chi connectivity index (χ4v) is 4.59. The van der Waals surface area contributed by atoms with Gasteiger partial charge in [0.15, 0.2) is 0 Å². The zero-order valence-electron chi connectivity index (χ0n) is 14.3. The van der Waals surface area contributed by atoms with Crippen molar-refractivity contribution in [2.45, 2.75) is 17.7 Å². The summed E-state index contributed by atoms with van der Waals surface area (Å²) < 4.78 is 26.5. The number of fused-ring (bicyclic) bond motifs is 1. The zero-order valence-corrected chi connectivity index (χ0v) is 15.1. The van der Waals surface area contributed by atoms with Gasteiger partial charge < -0.3 is 5.32 Å². The monoisotopic (exact) mass is 384 g/mol. The van der Waals surface area contributed by atoms with Crippen LogP contribution in [0.2, 0.25) is 0 Å². The third kappa shape index (κ3) is 3.38. The molecular formula is C18H16N4O4S. The number of carbonyl (C=O) groups excluding carboxylic acids is 2. The quantitative estimate of drug-likeness (QED) is 0.851. The van der Waals surface area contributed by atoms with E-state index in [1.165, 1.54) is 28.6 Å². The third-order valence-corrected chi connectivity index (χ3v) is 6.40. The maximum atomic E-state index is 12.5. The molecule has 4 rings (SSSR count). The smallest absolute Gasteiger partial charge is 0.322 e. The maximum absolute atomic E-state index is 12.5. The van der Waals surface area contributed by atoms with Crippen molar-refractivity contribution in [3.8, 4) is 0 Å². The minimum Gasteiger partial charge on any atom is -0.322 e. The largest absolute Gasteiger partial charge is 0.368 e. The molecule has 3 amide bonds. The van der Waals surface area contributed by atoms with Gasteiger partial charge in [0.1, 0.15) is 0 Å². The summed E-state index contributed by atoms with van der Waals surface area (Å²) in [6, 6.07) is 10.1. The lowest BCUT2D eigenvalue weighted by Gasteiger charge is -2.15. The van der Waals surface area contributed by atoms with Crippen molar-refractivity contribution in [2.24, 2.45) is 9.98 Å². The lowest BCUT2D eigenvalue weighted by Crippen LogP contribution is -2.27. The Morgan fingerprint density at radius 3 is 2.33 bits per heavy atom. The lowest BCUT2D eigenvalue weighted by atomic mass is 10.2. The third-order valence-electron chi connectivity index (χ3n) is 4.48. The molecule has 27 heavy (non-hydrogen) atoms. The molecule has 0 aliphatic carbocycles. The standard InChI is InChI=1S/C18H16N4O4S/c23-17(19-13-5-8-15-16(11-13)21-18(24)20-15)12-3-6-14(7-4-12)27(25,26)22-9-1-2-10-22/h3-8,11H,1-2,9-10H2,(H,19,23). The van der Waals surface area contributed by atoms with Crippen molar-refractivity contribution in [3.05, 3.63) is 58.7 Å². The number of rotatable bonds is 4. The number of nitrogens with zero attached hydrogens (tertiary/aromatic N) is 3. The van der Waals surface area contributed by atoms with Crippen LogP contribution < -0.4 is 16.0 Å². The first kappa shape index (κ1) is 17.5. The molecule has 1 N–H and O–H groups in total. The van der Waals surface area contributed by atoms with Crippen LogP contribution in [0.1, 0.15) is 23.2 Å². The van der Waals surface area contributed by atoms with E-state index in [9.17, 15) is 18.0 Å². The molecule has 0 aromatic heterocycles. The van der Waals surface area contributed by atoms with Crippen LogP contribution in [0.5, 0.6) is 0 Å². The predicted octanol–water partition coefficient (Wildman–Crippen LogP) is 1.10. The number of nitrogens with one attached hydrogen (secondary N) is 1. The van der Waals surface area contributed by atoms with E-state index in [0.29, 0.717) is 35.1 Å². The molecule has 2 aliphatic heterocycles. The Labute approximate surface area is 155 Å². The van der Waals surface area contributed by atoms with Crippen molar-refractivity contribution in [3.63, 3.8) is 0 Å². The highest BCUT2D eigenvalue weighted by molar-refractivity contribution is 7.89. The van der Waals surface area contributed by atoms with Gasteiger partial charge in [0.05, 0.1) is 15.6 Å². The Morgan fingerprint density at radius 2 is 1.63 bits per heavy atom. The van der Waals surface area contributed by atoms with Gasteiger partial charge in [0.25, 0.3) is 5.91 Å². The van der Waals surface area contributed by atoms with Crippen molar-refractivity contribution in [2.75, 3.05) is 18.4 Å². The predicted molar refractivity (Wildman–Crippen MR) is 96.5 cm³/mol. The molecule has 0 atom stereocenters. The average molecular weight is 384 g/mol. The van der Waals surface area contributed by atoms with E-state index in [0.717, 1.165) is 12.8 Å². The van der Waals surface area contributed by atoms with Gasteiger partial charge in [-0.3, -0.25) is 4.79 Å². The second-order valence-electron chi connectivity index (χ2n) is 6.30. The second kappa shape index (κ2) is 6.67. The summed E-state index contributed by atoms with van der Waals surface area (Å²) in [5.74, 6) is -0.388. The Balaban J connectivity index is 1.52. The first-order valence-electron chi connectivity index (χ1n) is 8.46. The van der Waals surface area contributed by atoms with Crippen molar-refractivity contribution in [1.82, 2.24) is 4.31 Å². The van der Waals surface area contributed by atoms with E-state index in [2.05, 4.69) is 15.3 Å². The van der Waals surface area contributed by atoms with Crippen LogP contribution in [-0.2, 0) is 10.0 Å². The van der Waals surface area contributed by atoms with Crippen molar-refractivity contribution < 1.29 is 18.0 Å². The van der Waals surface area contributed by atoms with Crippen LogP contribution in [0.15, 0.2) is 57.3 Å². The van der Waals surface area contributed by atoms with Crippen LogP contribution in [0.4, 0.5) is 10.5 Å². The van der Waals surface area contributed by atoms with E-state index in [1.807, 2.05) is 0 Å². The molecule has 1 fully saturated rings. The zero-order chi connectivity index (χ0) is 19.0. The number of benzene rings is 2. The molecule has 0 unspecified atom stereocenters. The molecule has 9 heteroatoms. The fourth-order valence-electron chi connectivity index (χ4n) is 3.08. The van der Waals surface area contributed by atoms with E-state index in [-0.39, 0.29) is 10.8 Å². The van der Waals surface area contributed by atoms with Gasteiger partial charge in [-0.05, 0) is 55.3 Å². The number of amides is 3. The normalized spacial score (nSPS) is 16.5.